The van der Waals surface area contributed by atoms with Gasteiger partial charge in [-0.25, -0.2) is 0 Å². The maximum Gasteiger partial charge on any atom is 0.140 e. The van der Waals surface area contributed by atoms with E-state index in [1.54, 1.807) is 32.9 Å². The van der Waals surface area contributed by atoms with E-state index in [4.69, 9.17) is 4.74 Å². The highest BCUT2D eigenvalue weighted by Crippen LogP contribution is 2.19. The van der Waals surface area contributed by atoms with Crippen LogP contribution in [0.1, 0.15) is 27.2 Å². The molecule has 1 aromatic rings. The molecule has 3 nitrogen and oxygen atoms in total. The van der Waals surface area contributed by atoms with Gasteiger partial charge >= 0.3 is 0 Å². The maximum absolute atomic E-state index is 9.91. The van der Waals surface area contributed by atoms with Gasteiger partial charge in [0.05, 0.1) is 5.60 Å². The van der Waals surface area contributed by atoms with Crippen LogP contribution in [0, 0.1) is 12.0 Å². The fourth-order valence-corrected chi connectivity index (χ4v) is 1.57. The minimum Gasteiger partial charge on any atom is -0.407 e. The molecule has 0 aliphatic rings. The molecule has 1 unspecified atom stereocenters. The van der Waals surface area contributed by atoms with Gasteiger partial charge in [-0.05, 0) is 38.8 Å². The standard InChI is InChI=1S/C14H18O3/c1-13(2,15)11-14(3,16)9-10-17-12-7-5-4-6-8-12/h4-8,15-16H,11H2,1-3H3. The first-order chi connectivity index (χ1) is 7.79. The maximum atomic E-state index is 9.91. The Morgan fingerprint density at radius 1 is 1.12 bits per heavy atom. The lowest BCUT2D eigenvalue weighted by molar-refractivity contribution is -0.00441. The Bertz CT molecular complexity index is 405. The van der Waals surface area contributed by atoms with E-state index in [1.807, 2.05) is 18.2 Å². The Kier molecular flexibility index (Phi) is 4.17. The molecule has 1 aromatic carbocycles. The van der Waals surface area contributed by atoms with Gasteiger partial charge < -0.3 is 14.9 Å². The number of benzene rings is 1. The first-order valence-electron chi connectivity index (χ1n) is 5.47. The van der Waals surface area contributed by atoms with Crippen molar-refractivity contribution < 1.29 is 14.9 Å². The topological polar surface area (TPSA) is 49.7 Å². The van der Waals surface area contributed by atoms with E-state index in [2.05, 4.69) is 12.0 Å². The van der Waals surface area contributed by atoms with Crippen LogP contribution in [0.4, 0.5) is 0 Å². The van der Waals surface area contributed by atoms with Crippen molar-refractivity contribution in [3.63, 3.8) is 0 Å². The van der Waals surface area contributed by atoms with Crippen molar-refractivity contribution in [3.8, 4) is 17.8 Å². The minimum atomic E-state index is -1.27. The van der Waals surface area contributed by atoms with Gasteiger partial charge in [-0.3, -0.25) is 0 Å². The van der Waals surface area contributed by atoms with Crippen LogP contribution in [-0.2, 0) is 0 Å². The molecule has 2 N–H and O–H groups in total. The molecule has 0 fully saturated rings. The van der Waals surface area contributed by atoms with Crippen LogP contribution in [0.2, 0.25) is 0 Å². The third-order valence-corrected chi connectivity index (χ3v) is 2.01. The van der Waals surface area contributed by atoms with Gasteiger partial charge in [-0.2, -0.15) is 0 Å². The molecule has 17 heavy (non-hydrogen) atoms. The van der Waals surface area contributed by atoms with Crippen molar-refractivity contribution in [1.82, 2.24) is 0 Å². The number of hydrogen-bond donors (Lipinski definition) is 2. The van der Waals surface area contributed by atoms with E-state index >= 15 is 0 Å². The quantitative estimate of drug-likeness (QED) is 0.786. The summed E-state index contributed by atoms with van der Waals surface area (Å²) in [5, 5.41) is 19.5. The molecule has 0 aliphatic carbocycles. The zero-order valence-corrected chi connectivity index (χ0v) is 10.4. The van der Waals surface area contributed by atoms with Crippen LogP contribution in [-0.4, -0.2) is 21.4 Å². The highest BCUT2D eigenvalue weighted by atomic mass is 16.5. The average Bonchev–Trinajstić information content (AvgIpc) is 2.15. The summed E-state index contributed by atoms with van der Waals surface area (Å²) in [6, 6.07) is 9.11. The third-order valence-electron chi connectivity index (χ3n) is 2.01. The Morgan fingerprint density at radius 2 is 1.71 bits per heavy atom. The lowest BCUT2D eigenvalue weighted by Crippen LogP contribution is -2.34. The van der Waals surface area contributed by atoms with Crippen LogP contribution in [0.5, 0.6) is 5.75 Å². The highest BCUT2D eigenvalue weighted by Gasteiger charge is 2.27. The van der Waals surface area contributed by atoms with Gasteiger partial charge in [-0.15, -0.1) is 0 Å². The summed E-state index contributed by atoms with van der Waals surface area (Å²) in [5.41, 5.74) is -2.24. The van der Waals surface area contributed by atoms with Crippen molar-refractivity contribution in [1.29, 1.82) is 0 Å². The van der Waals surface area contributed by atoms with E-state index in [0.717, 1.165) is 0 Å². The summed E-state index contributed by atoms with van der Waals surface area (Å²) in [6.07, 6.45) is 2.61. The molecule has 0 saturated heterocycles. The van der Waals surface area contributed by atoms with Crippen molar-refractivity contribution >= 4 is 0 Å². The number of ether oxygens (including phenoxy) is 1. The molecule has 0 bridgehead atoms. The van der Waals surface area contributed by atoms with Crippen LogP contribution in [0.25, 0.3) is 0 Å². The lowest BCUT2D eigenvalue weighted by Gasteiger charge is -2.25. The van der Waals surface area contributed by atoms with Crippen LogP contribution < -0.4 is 4.74 Å². The van der Waals surface area contributed by atoms with Crippen molar-refractivity contribution in [2.75, 3.05) is 0 Å². The fraction of sp³-hybridized carbons (Fsp3) is 0.429. The molecule has 0 spiro atoms. The van der Waals surface area contributed by atoms with Crippen molar-refractivity contribution in [2.45, 2.75) is 38.4 Å². The molecule has 1 rings (SSSR count). The van der Waals surface area contributed by atoms with Crippen LogP contribution in [0.3, 0.4) is 0 Å². The van der Waals surface area contributed by atoms with E-state index in [0.29, 0.717) is 5.75 Å². The van der Waals surface area contributed by atoms with E-state index in [9.17, 15) is 10.2 Å². The first-order valence-corrected chi connectivity index (χ1v) is 5.47. The molecule has 0 amide bonds. The van der Waals surface area contributed by atoms with Crippen molar-refractivity contribution in [2.24, 2.45) is 0 Å². The van der Waals surface area contributed by atoms with Crippen LogP contribution in [0.15, 0.2) is 30.3 Å². The SMILES string of the molecule is CC(C)(O)CC(C)(O)C#COc1ccccc1. The fourth-order valence-electron chi connectivity index (χ4n) is 1.57. The van der Waals surface area contributed by atoms with Gasteiger partial charge in [0.2, 0.25) is 0 Å². The minimum absolute atomic E-state index is 0.158. The summed E-state index contributed by atoms with van der Waals surface area (Å²) in [7, 11) is 0. The monoisotopic (exact) mass is 234 g/mol. The number of aliphatic hydroxyl groups is 2. The van der Waals surface area contributed by atoms with Crippen molar-refractivity contribution in [3.05, 3.63) is 30.3 Å². The largest absolute Gasteiger partial charge is 0.407 e. The molecule has 0 aliphatic heterocycles. The lowest BCUT2D eigenvalue weighted by atomic mass is 9.92. The Hall–Kier alpha value is -1.50. The Morgan fingerprint density at radius 3 is 2.24 bits per heavy atom. The van der Waals surface area contributed by atoms with Gasteiger partial charge in [0.1, 0.15) is 17.5 Å². The number of rotatable bonds is 3. The Balaban J connectivity index is 2.60. The molecular weight excluding hydrogens is 216 g/mol. The van der Waals surface area contributed by atoms with Gasteiger partial charge in [0, 0.05) is 6.42 Å². The molecule has 0 heterocycles. The molecule has 0 aromatic heterocycles. The molecule has 92 valence electrons. The third kappa shape index (κ3) is 5.96. The summed E-state index contributed by atoms with van der Waals surface area (Å²) in [6.45, 7) is 4.80. The van der Waals surface area contributed by atoms with Gasteiger partial charge in [0.15, 0.2) is 0 Å². The molecule has 0 saturated carbocycles. The Labute approximate surface area is 102 Å². The zero-order valence-electron chi connectivity index (χ0n) is 10.4. The second-order valence-corrected chi connectivity index (χ2v) is 4.91. The molecule has 1 atom stereocenters. The zero-order chi connectivity index (χ0) is 12.9. The van der Waals surface area contributed by atoms with E-state index in [-0.39, 0.29) is 6.42 Å². The summed E-state index contributed by atoms with van der Waals surface area (Å²) < 4.78 is 5.15. The van der Waals surface area contributed by atoms with Gasteiger partial charge in [0.25, 0.3) is 0 Å². The second kappa shape index (κ2) is 5.22. The summed E-state index contributed by atoms with van der Waals surface area (Å²) in [4.78, 5) is 0. The highest BCUT2D eigenvalue weighted by molar-refractivity contribution is 5.24. The van der Waals surface area contributed by atoms with Gasteiger partial charge in [-0.1, -0.05) is 18.2 Å². The smallest absolute Gasteiger partial charge is 0.140 e. The molecule has 0 radical (unpaired) electrons. The number of hydrogen-bond acceptors (Lipinski definition) is 3. The van der Waals surface area contributed by atoms with E-state index < -0.39 is 11.2 Å². The molecular formula is C14H18O3. The normalized spacial score (nSPS) is 14.4. The predicted octanol–water partition coefficient (Wildman–Crippen LogP) is 1.94. The predicted molar refractivity (Wildman–Crippen MR) is 66.4 cm³/mol. The summed E-state index contributed by atoms with van der Waals surface area (Å²) in [5.74, 6) is 3.21. The van der Waals surface area contributed by atoms with E-state index in [1.165, 1.54) is 0 Å². The van der Waals surface area contributed by atoms with Crippen LogP contribution >= 0.6 is 0 Å². The second-order valence-electron chi connectivity index (χ2n) is 4.91. The summed E-state index contributed by atoms with van der Waals surface area (Å²) >= 11 is 0. The average molecular weight is 234 g/mol. The number of para-hydroxylation sites is 1. The molecule has 3 heteroatoms. The first kappa shape index (κ1) is 13.6.